The van der Waals surface area contributed by atoms with Crippen molar-refractivity contribution >= 4 is 0 Å². The molecular weight excluding hydrogens is 185 g/mol. The fraction of sp³-hybridized carbons (Fsp3) is 1.00. The number of halogens is 3. The number of β-amino-alcohol motifs (C(OH)–C–C–N with tert-alkyl or cyclic N) is 1. The maximum atomic E-state index is 11.8. The Kier molecular flexibility index (Phi) is 2.84. The number of nitrogens with two attached hydrogens (primary N) is 1. The van der Waals surface area contributed by atoms with Gasteiger partial charge in [-0.3, -0.25) is 0 Å². The van der Waals surface area contributed by atoms with Crippen molar-refractivity contribution in [2.24, 2.45) is 5.73 Å². The molecule has 1 aliphatic rings. The van der Waals surface area contributed by atoms with Crippen molar-refractivity contribution in [2.75, 3.05) is 13.1 Å². The summed E-state index contributed by atoms with van der Waals surface area (Å²) in [4.78, 5) is 0. The molecule has 0 bridgehead atoms. The van der Waals surface area contributed by atoms with Gasteiger partial charge in [-0.15, -0.1) is 0 Å². The topological polar surface area (TPSA) is 58.3 Å². The summed E-state index contributed by atoms with van der Waals surface area (Å²) in [5.41, 5.74) is 4.30. The molecular formula is C7H13F3N2O. The molecule has 1 aliphatic heterocycles. The van der Waals surface area contributed by atoms with Crippen LogP contribution in [0.3, 0.4) is 0 Å². The lowest BCUT2D eigenvalue weighted by atomic mass is 9.86. The molecule has 4 N–H and O–H groups in total. The Balaban J connectivity index is 2.29. The van der Waals surface area contributed by atoms with E-state index in [-0.39, 0.29) is 19.5 Å². The van der Waals surface area contributed by atoms with Gasteiger partial charge in [0.25, 0.3) is 0 Å². The van der Waals surface area contributed by atoms with Crippen LogP contribution in [0, 0.1) is 0 Å². The zero-order valence-corrected chi connectivity index (χ0v) is 7.06. The molecule has 13 heavy (non-hydrogen) atoms. The summed E-state index contributed by atoms with van der Waals surface area (Å²) in [5.74, 6) is 0. The largest absolute Gasteiger partial charge is 0.389 e. The monoisotopic (exact) mass is 198 g/mol. The van der Waals surface area contributed by atoms with Gasteiger partial charge in [0, 0.05) is 25.6 Å². The van der Waals surface area contributed by atoms with Crippen molar-refractivity contribution in [1.29, 1.82) is 0 Å². The zero-order valence-electron chi connectivity index (χ0n) is 7.06. The smallest absolute Gasteiger partial charge is 0.386 e. The van der Waals surface area contributed by atoms with Crippen molar-refractivity contribution in [1.82, 2.24) is 5.32 Å². The average molecular weight is 198 g/mol. The Morgan fingerprint density at radius 2 is 2.00 bits per heavy atom. The van der Waals surface area contributed by atoms with E-state index < -0.39 is 24.2 Å². The van der Waals surface area contributed by atoms with Crippen LogP contribution in [0.5, 0.6) is 0 Å². The van der Waals surface area contributed by atoms with Crippen LogP contribution in [0.15, 0.2) is 0 Å². The van der Waals surface area contributed by atoms with Crippen molar-refractivity contribution in [3.63, 3.8) is 0 Å². The van der Waals surface area contributed by atoms with Crippen molar-refractivity contribution < 1.29 is 18.3 Å². The lowest BCUT2D eigenvalue weighted by Gasteiger charge is -2.42. The van der Waals surface area contributed by atoms with Crippen LogP contribution >= 0.6 is 0 Å². The van der Waals surface area contributed by atoms with E-state index >= 15 is 0 Å². The molecule has 0 aromatic carbocycles. The fourth-order valence-corrected chi connectivity index (χ4v) is 1.23. The molecule has 1 saturated heterocycles. The standard InChI is InChI=1S/C7H13F3N2O/c8-7(9,10)2-1-5(11)6(13)3-12-4-6/h5,12-13H,1-4,11H2. The zero-order chi connectivity index (χ0) is 10.1. The van der Waals surface area contributed by atoms with E-state index in [0.717, 1.165) is 0 Å². The third kappa shape index (κ3) is 2.82. The van der Waals surface area contributed by atoms with E-state index in [4.69, 9.17) is 5.73 Å². The number of rotatable bonds is 3. The Hall–Kier alpha value is -0.330. The van der Waals surface area contributed by atoms with E-state index in [9.17, 15) is 18.3 Å². The van der Waals surface area contributed by atoms with Crippen molar-refractivity contribution in [3.8, 4) is 0 Å². The molecule has 1 rings (SSSR count). The van der Waals surface area contributed by atoms with Crippen LogP contribution in [0.1, 0.15) is 12.8 Å². The van der Waals surface area contributed by atoms with Gasteiger partial charge >= 0.3 is 6.18 Å². The Morgan fingerprint density at radius 1 is 1.46 bits per heavy atom. The summed E-state index contributed by atoms with van der Waals surface area (Å²) in [5, 5.41) is 12.3. The fourth-order valence-electron chi connectivity index (χ4n) is 1.23. The molecule has 0 aromatic heterocycles. The van der Waals surface area contributed by atoms with Crippen LogP contribution in [0.2, 0.25) is 0 Å². The Labute approximate surface area is 74.1 Å². The van der Waals surface area contributed by atoms with Gasteiger partial charge in [-0.05, 0) is 6.42 Å². The third-order valence-electron chi connectivity index (χ3n) is 2.29. The van der Waals surface area contributed by atoms with Gasteiger partial charge in [-0.2, -0.15) is 13.2 Å². The van der Waals surface area contributed by atoms with E-state index in [2.05, 4.69) is 5.32 Å². The quantitative estimate of drug-likeness (QED) is 0.597. The van der Waals surface area contributed by atoms with Gasteiger partial charge in [0.05, 0.1) is 0 Å². The maximum absolute atomic E-state index is 11.8. The van der Waals surface area contributed by atoms with Crippen molar-refractivity contribution in [3.05, 3.63) is 0 Å². The molecule has 78 valence electrons. The summed E-state index contributed by atoms with van der Waals surface area (Å²) in [7, 11) is 0. The number of hydrogen-bond acceptors (Lipinski definition) is 3. The highest BCUT2D eigenvalue weighted by molar-refractivity contribution is 5.00. The van der Waals surface area contributed by atoms with Crippen LogP contribution in [-0.4, -0.2) is 36.0 Å². The molecule has 0 aliphatic carbocycles. The van der Waals surface area contributed by atoms with Crippen molar-refractivity contribution in [2.45, 2.75) is 30.7 Å². The van der Waals surface area contributed by atoms with Crippen LogP contribution < -0.4 is 11.1 Å². The summed E-state index contributed by atoms with van der Waals surface area (Å²) >= 11 is 0. The number of aliphatic hydroxyl groups is 1. The highest BCUT2D eigenvalue weighted by Crippen LogP contribution is 2.25. The number of alkyl halides is 3. The first kappa shape index (κ1) is 10.7. The second-order valence-electron chi connectivity index (χ2n) is 3.47. The van der Waals surface area contributed by atoms with Gasteiger partial charge in [-0.1, -0.05) is 0 Å². The molecule has 1 heterocycles. The van der Waals surface area contributed by atoms with E-state index in [0.29, 0.717) is 0 Å². The molecule has 0 amide bonds. The van der Waals surface area contributed by atoms with E-state index in [1.807, 2.05) is 0 Å². The average Bonchev–Trinajstić information content (AvgIpc) is 1.94. The van der Waals surface area contributed by atoms with Gasteiger partial charge in [0.2, 0.25) is 0 Å². The summed E-state index contributed by atoms with van der Waals surface area (Å²) in [6.45, 7) is 0.568. The molecule has 3 nitrogen and oxygen atoms in total. The summed E-state index contributed by atoms with van der Waals surface area (Å²) in [6, 6.07) is -0.796. The van der Waals surface area contributed by atoms with Gasteiger partial charge < -0.3 is 16.2 Å². The minimum Gasteiger partial charge on any atom is -0.386 e. The lowest BCUT2D eigenvalue weighted by molar-refractivity contribution is -0.140. The second kappa shape index (κ2) is 3.43. The minimum atomic E-state index is -4.19. The first-order valence-corrected chi connectivity index (χ1v) is 4.09. The molecule has 1 atom stereocenters. The van der Waals surface area contributed by atoms with E-state index in [1.165, 1.54) is 0 Å². The van der Waals surface area contributed by atoms with Crippen LogP contribution in [0.4, 0.5) is 13.2 Å². The van der Waals surface area contributed by atoms with Gasteiger partial charge in [0.15, 0.2) is 0 Å². The van der Waals surface area contributed by atoms with Crippen LogP contribution in [-0.2, 0) is 0 Å². The SMILES string of the molecule is NC(CCC(F)(F)F)C1(O)CNC1. The molecule has 0 aromatic rings. The van der Waals surface area contributed by atoms with Crippen LogP contribution in [0.25, 0.3) is 0 Å². The second-order valence-corrected chi connectivity index (χ2v) is 3.47. The molecule has 0 spiro atoms. The number of nitrogens with one attached hydrogen (secondary N) is 1. The Bertz CT molecular complexity index is 179. The highest BCUT2D eigenvalue weighted by atomic mass is 19.4. The van der Waals surface area contributed by atoms with Gasteiger partial charge in [0.1, 0.15) is 5.60 Å². The molecule has 1 fully saturated rings. The summed E-state index contributed by atoms with van der Waals surface area (Å²) in [6.07, 6.45) is -5.34. The Morgan fingerprint density at radius 3 is 2.31 bits per heavy atom. The first-order valence-electron chi connectivity index (χ1n) is 4.09. The number of hydrogen-bond donors (Lipinski definition) is 3. The van der Waals surface area contributed by atoms with E-state index in [1.54, 1.807) is 0 Å². The predicted octanol–water partition coefficient (Wildman–Crippen LogP) is -0.00950. The molecule has 0 radical (unpaired) electrons. The molecule has 1 unspecified atom stereocenters. The highest BCUT2D eigenvalue weighted by Gasteiger charge is 2.41. The third-order valence-corrected chi connectivity index (χ3v) is 2.29. The normalized spacial score (nSPS) is 23.8. The molecule has 0 saturated carbocycles. The summed E-state index contributed by atoms with van der Waals surface area (Å²) < 4.78 is 35.3. The molecule has 6 heteroatoms. The predicted molar refractivity (Wildman–Crippen MR) is 41.1 cm³/mol. The lowest BCUT2D eigenvalue weighted by Crippen LogP contribution is -2.68. The first-order chi connectivity index (χ1) is 5.83. The van der Waals surface area contributed by atoms with Gasteiger partial charge in [-0.25, -0.2) is 0 Å². The maximum Gasteiger partial charge on any atom is 0.389 e. The minimum absolute atomic E-state index is 0.221.